The molecular formula is C13H12ClFN4O6S. The van der Waals surface area contributed by atoms with Crippen LogP contribution in [0.2, 0.25) is 5.02 Å². The van der Waals surface area contributed by atoms with Crippen molar-refractivity contribution in [2.45, 2.75) is 0 Å². The molecule has 0 saturated carbocycles. The lowest BCUT2D eigenvalue weighted by Crippen LogP contribution is -2.52. The third-order valence-electron chi connectivity index (χ3n) is 3.38. The molecule has 0 saturated heterocycles. The smallest absolute Gasteiger partial charge is 0.277 e. The highest BCUT2D eigenvalue weighted by Gasteiger charge is 2.21. The summed E-state index contributed by atoms with van der Waals surface area (Å²) in [5, 5.41) is -0.355. The summed E-state index contributed by atoms with van der Waals surface area (Å²) in [4.78, 5) is 48.3. The fraction of sp³-hybridized carbons (Fsp3) is 0.231. The molecule has 0 aliphatic rings. The van der Waals surface area contributed by atoms with E-state index in [1.807, 2.05) is 4.72 Å². The van der Waals surface area contributed by atoms with Gasteiger partial charge < -0.3 is 0 Å². The maximum absolute atomic E-state index is 14.3. The van der Waals surface area contributed by atoms with E-state index in [4.69, 9.17) is 11.6 Å². The van der Waals surface area contributed by atoms with E-state index in [9.17, 15) is 27.8 Å². The number of hydrogen-bond acceptors (Lipinski definition) is 6. The van der Waals surface area contributed by atoms with Crippen molar-refractivity contribution < 1.29 is 17.6 Å². The van der Waals surface area contributed by atoms with Crippen molar-refractivity contribution in [2.24, 2.45) is 14.1 Å². The Morgan fingerprint density at radius 2 is 1.69 bits per heavy atom. The summed E-state index contributed by atoms with van der Waals surface area (Å²) >= 11 is 3.64. The van der Waals surface area contributed by atoms with Crippen LogP contribution in [0, 0.1) is 5.82 Å². The van der Waals surface area contributed by atoms with E-state index in [2.05, 4.69) is 4.18 Å². The molecule has 1 N–H and O–H groups in total. The zero-order valence-corrected chi connectivity index (χ0v) is 15.2. The highest BCUT2D eigenvalue weighted by Crippen LogP contribution is 2.22. The van der Waals surface area contributed by atoms with Crippen LogP contribution < -0.4 is 21.8 Å². The van der Waals surface area contributed by atoms with E-state index in [0.717, 1.165) is 27.3 Å². The summed E-state index contributed by atoms with van der Waals surface area (Å²) in [5.74, 6) is -2.08. The van der Waals surface area contributed by atoms with Gasteiger partial charge in [-0.3, -0.25) is 8.98 Å². The molecule has 0 bridgehead atoms. The first-order chi connectivity index (χ1) is 12.1. The lowest BCUT2D eigenvalue weighted by Gasteiger charge is -2.12. The molecule has 1 aromatic carbocycles. The van der Waals surface area contributed by atoms with Crippen LogP contribution in [0.25, 0.3) is 5.69 Å². The van der Waals surface area contributed by atoms with Crippen LogP contribution in [-0.2, 0) is 29.5 Å². The molecule has 0 radical (unpaired) electrons. The predicted molar refractivity (Wildman–Crippen MR) is 90.1 cm³/mol. The van der Waals surface area contributed by atoms with Crippen LogP contribution >= 0.6 is 11.6 Å². The van der Waals surface area contributed by atoms with Crippen molar-refractivity contribution >= 4 is 28.8 Å². The second kappa shape index (κ2) is 7.35. The largest absolute Gasteiger partial charge is 0.340 e. The zero-order valence-electron chi connectivity index (χ0n) is 13.6. The van der Waals surface area contributed by atoms with E-state index in [1.165, 1.54) is 0 Å². The van der Waals surface area contributed by atoms with Gasteiger partial charge in [-0.05, 0) is 12.1 Å². The molecule has 140 valence electrons. The maximum atomic E-state index is 14.3. The summed E-state index contributed by atoms with van der Waals surface area (Å²) < 4.78 is 33.5. The molecule has 1 unspecified atom stereocenters. The number of aromatic nitrogens is 3. The molecule has 2 aromatic rings. The van der Waals surface area contributed by atoms with Crippen molar-refractivity contribution in [3.05, 3.63) is 60.0 Å². The Kier molecular flexibility index (Phi) is 5.59. The van der Waals surface area contributed by atoms with Crippen molar-refractivity contribution in [3.8, 4) is 5.69 Å². The number of benzene rings is 1. The highest BCUT2D eigenvalue weighted by molar-refractivity contribution is 7.78. The minimum atomic E-state index is -2.17. The molecular weight excluding hydrogens is 395 g/mol. The molecule has 1 amide bonds. The maximum Gasteiger partial charge on any atom is 0.340 e. The molecule has 1 heterocycles. The Morgan fingerprint density at radius 3 is 2.19 bits per heavy atom. The minimum Gasteiger partial charge on any atom is -0.277 e. The average molecular weight is 407 g/mol. The molecule has 1 aromatic heterocycles. The third-order valence-corrected chi connectivity index (χ3v) is 4.35. The van der Waals surface area contributed by atoms with Gasteiger partial charge in [0.05, 0.1) is 23.4 Å². The van der Waals surface area contributed by atoms with E-state index in [-0.39, 0.29) is 10.6 Å². The number of carbonyl (C=O) groups excluding carboxylic acids is 1. The van der Waals surface area contributed by atoms with Gasteiger partial charge in [0.25, 0.3) is 17.2 Å². The van der Waals surface area contributed by atoms with Gasteiger partial charge in [0.2, 0.25) is 0 Å². The van der Waals surface area contributed by atoms with E-state index < -0.39 is 45.7 Å². The van der Waals surface area contributed by atoms with Gasteiger partial charge in [0.15, 0.2) is 0 Å². The van der Waals surface area contributed by atoms with Crippen LogP contribution in [0.3, 0.4) is 0 Å². The molecule has 0 aliphatic heterocycles. The van der Waals surface area contributed by atoms with Gasteiger partial charge in [0.1, 0.15) is 5.82 Å². The first-order valence-corrected chi connectivity index (χ1v) is 8.21. The van der Waals surface area contributed by atoms with Gasteiger partial charge in [-0.2, -0.15) is 0 Å². The van der Waals surface area contributed by atoms with E-state index >= 15 is 0 Å². The number of nitrogens with zero attached hydrogens (tertiary/aromatic N) is 3. The summed E-state index contributed by atoms with van der Waals surface area (Å²) in [5.41, 5.74) is -4.11. The monoisotopic (exact) mass is 406 g/mol. The van der Waals surface area contributed by atoms with Crippen LogP contribution in [0.15, 0.2) is 26.5 Å². The lowest BCUT2D eigenvalue weighted by atomic mass is 10.2. The Labute approximate surface area is 152 Å². The van der Waals surface area contributed by atoms with Gasteiger partial charge in [0, 0.05) is 14.1 Å². The summed E-state index contributed by atoms with van der Waals surface area (Å²) in [6, 6.07) is 1.53. The Morgan fingerprint density at radius 1 is 1.15 bits per heavy atom. The number of rotatable bonds is 4. The highest BCUT2D eigenvalue weighted by atomic mass is 35.5. The second-order valence-electron chi connectivity index (χ2n) is 4.92. The molecule has 1 atom stereocenters. The molecule has 26 heavy (non-hydrogen) atoms. The van der Waals surface area contributed by atoms with Crippen LogP contribution in [-0.4, -0.2) is 30.9 Å². The Bertz CT molecular complexity index is 1070. The normalized spacial score (nSPS) is 12.0. The zero-order chi connectivity index (χ0) is 19.8. The molecule has 10 nitrogen and oxygen atoms in total. The number of carbonyl (C=O) groups is 1. The predicted octanol–water partition coefficient (Wildman–Crippen LogP) is -1.02. The van der Waals surface area contributed by atoms with Crippen molar-refractivity contribution in [2.75, 3.05) is 7.11 Å². The first-order valence-electron chi connectivity index (χ1n) is 6.75. The molecule has 0 aliphatic carbocycles. The minimum absolute atomic E-state index is 0.355. The number of hydrogen-bond donors (Lipinski definition) is 1. The topological polar surface area (TPSA) is 121 Å². The van der Waals surface area contributed by atoms with Gasteiger partial charge >= 0.3 is 17.1 Å². The van der Waals surface area contributed by atoms with Crippen LogP contribution in [0.4, 0.5) is 4.39 Å². The van der Waals surface area contributed by atoms with Gasteiger partial charge in [-0.15, -0.1) is 0 Å². The van der Waals surface area contributed by atoms with Crippen LogP contribution in [0.5, 0.6) is 0 Å². The summed E-state index contributed by atoms with van der Waals surface area (Å²) in [7, 11) is 3.27. The van der Waals surface area contributed by atoms with Crippen molar-refractivity contribution in [3.63, 3.8) is 0 Å². The third kappa shape index (κ3) is 3.38. The standard InChI is InChI=1S/C13H12ClFN4O6S/c1-17-11(21)18(2)13(23)19(12(17)22)9-4-6(7(14)5-8(9)15)10(20)16-26(24)25-3/h4-5H,1-3H3,(H,16,20). The average Bonchev–Trinajstić information content (AvgIpc) is 2.59. The Balaban J connectivity index is 2.78. The van der Waals surface area contributed by atoms with E-state index in [1.54, 1.807) is 0 Å². The SMILES string of the molecule is COS(=O)NC(=O)c1cc(-n2c(=O)n(C)c(=O)n(C)c2=O)c(F)cc1Cl. The van der Waals surface area contributed by atoms with Crippen molar-refractivity contribution in [1.29, 1.82) is 0 Å². The number of nitrogens with one attached hydrogen (secondary N) is 1. The number of halogens is 2. The number of amides is 1. The van der Waals surface area contributed by atoms with E-state index in [0.29, 0.717) is 19.8 Å². The molecule has 2 rings (SSSR count). The van der Waals surface area contributed by atoms with Crippen molar-refractivity contribution in [1.82, 2.24) is 18.4 Å². The quantitative estimate of drug-likeness (QED) is 0.693. The summed E-state index contributed by atoms with van der Waals surface area (Å²) in [6.07, 6.45) is 0. The lowest BCUT2D eigenvalue weighted by molar-refractivity contribution is 0.0980. The second-order valence-corrected chi connectivity index (χ2v) is 6.33. The first kappa shape index (κ1) is 19.8. The van der Waals surface area contributed by atoms with Crippen LogP contribution in [0.1, 0.15) is 10.4 Å². The Hall–Kier alpha value is -2.57. The van der Waals surface area contributed by atoms with Gasteiger partial charge in [-0.25, -0.2) is 41.4 Å². The molecule has 0 fully saturated rings. The fourth-order valence-electron chi connectivity index (χ4n) is 2.03. The fourth-order valence-corrected chi connectivity index (χ4v) is 2.61. The summed E-state index contributed by atoms with van der Waals surface area (Å²) in [6.45, 7) is 0. The molecule has 0 spiro atoms. The van der Waals surface area contributed by atoms with Gasteiger partial charge in [-0.1, -0.05) is 11.6 Å². The molecule has 13 heteroatoms.